The zero-order valence-corrected chi connectivity index (χ0v) is 12.4. The summed E-state index contributed by atoms with van der Waals surface area (Å²) in [5, 5.41) is 7.90. The highest BCUT2D eigenvalue weighted by Crippen LogP contribution is 2.21. The molecule has 0 N–H and O–H groups in total. The van der Waals surface area contributed by atoms with Crippen LogP contribution in [0.3, 0.4) is 0 Å². The van der Waals surface area contributed by atoms with Gasteiger partial charge in [-0.25, -0.2) is 0 Å². The van der Waals surface area contributed by atoms with Gasteiger partial charge in [0.2, 0.25) is 5.88 Å². The number of carbonyl (C=O) groups excluding carboxylic acids is 1. The number of morpholine rings is 1. The molecule has 22 heavy (non-hydrogen) atoms. The van der Waals surface area contributed by atoms with Crippen LogP contribution in [0.4, 0.5) is 0 Å². The van der Waals surface area contributed by atoms with Crippen molar-refractivity contribution in [2.24, 2.45) is 0 Å². The molecule has 1 fully saturated rings. The Labute approximate surface area is 128 Å². The van der Waals surface area contributed by atoms with E-state index in [1.807, 2.05) is 13.0 Å². The fourth-order valence-corrected chi connectivity index (χ4v) is 2.20. The largest absolute Gasteiger partial charge is 0.438 e. The van der Waals surface area contributed by atoms with Crippen molar-refractivity contribution >= 4 is 5.91 Å². The van der Waals surface area contributed by atoms with Gasteiger partial charge in [0.25, 0.3) is 5.91 Å². The molecule has 0 spiro atoms. The topological polar surface area (TPSA) is 64.5 Å². The number of rotatable bonds is 3. The summed E-state index contributed by atoms with van der Waals surface area (Å²) in [5.41, 5.74) is 1.42. The number of benzene rings is 1. The molecule has 0 atom stereocenters. The van der Waals surface area contributed by atoms with Crippen molar-refractivity contribution in [1.82, 2.24) is 15.1 Å². The third kappa shape index (κ3) is 3.40. The van der Waals surface area contributed by atoms with E-state index in [9.17, 15) is 4.79 Å². The first kappa shape index (κ1) is 14.5. The van der Waals surface area contributed by atoms with Crippen LogP contribution in [0.15, 0.2) is 36.4 Å². The van der Waals surface area contributed by atoms with Crippen LogP contribution >= 0.6 is 0 Å². The summed E-state index contributed by atoms with van der Waals surface area (Å²) < 4.78 is 10.9. The molecule has 0 unspecified atom stereocenters. The minimum absolute atomic E-state index is 0.0104. The number of hydrogen-bond donors (Lipinski definition) is 0. The number of aryl methyl sites for hydroxylation is 1. The summed E-state index contributed by atoms with van der Waals surface area (Å²) in [6.07, 6.45) is 0. The molecule has 114 valence electrons. The van der Waals surface area contributed by atoms with Crippen molar-refractivity contribution in [2.75, 3.05) is 26.3 Å². The third-order valence-corrected chi connectivity index (χ3v) is 3.38. The molecule has 6 heteroatoms. The molecule has 1 saturated heterocycles. The molecule has 1 aliphatic rings. The molecule has 1 aliphatic heterocycles. The molecular weight excluding hydrogens is 282 g/mol. The molecule has 0 radical (unpaired) electrons. The summed E-state index contributed by atoms with van der Waals surface area (Å²) in [6.45, 7) is 4.26. The standard InChI is InChI=1S/C16H17N3O3/c1-12-5-6-15(18-17-12)22-14-4-2-3-13(11-14)16(20)19-7-9-21-10-8-19/h2-6,11H,7-10H2,1H3. The SMILES string of the molecule is Cc1ccc(Oc2cccc(C(=O)N3CCOCC3)c2)nn1. The predicted octanol–water partition coefficient (Wildman–Crippen LogP) is 2.05. The third-order valence-electron chi connectivity index (χ3n) is 3.38. The zero-order chi connectivity index (χ0) is 15.4. The van der Waals surface area contributed by atoms with E-state index in [2.05, 4.69) is 10.2 Å². The second-order valence-electron chi connectivity index (χ2n) is 5.05. The Bertz CT molecular complexity index is 652. The van der Waals surface area contributed by atoms with Crippen LogP contribution in [-0.2, 0) is 4.74 Å². The fraction of sp³-hybridized carbons (Fsp3) is 0.312. The quantitative estimate of drug-likeness (QED) is 0.868. The van der Waals surface area contributed by atoms with Crippen LogP contribution in [0, 0.1) is 6.92 Å². The lowest BCUT2D eigenvalue weighted by Crippen LogP contribution is -2.40. The van der Waals surface area contributed by atoms with E-state index in [0.717, 1.165) is 5.69 Å². The van der Waals surface area contributed by atoms with E-state index in [-0.39, 0.29) is 5.91 Å². The van der Waals surface area contributed by atoms with Gasteiger partial charge in [-0.15, -0.1) is 5.10 Å². The highest BCUT2D eigenvalue weighted by molar-refractivity contribution is 5.94. The first-order valence-electron chi connectivity index (χ1n) is 7.18. The normalized spacial score (nSPS) is 14.7. The maximum atomic E-state index is 12.4. The summed E-state index contributed by atoms with van der Waals surface area (Å²) in [7, 11) is 0. The number of amides is 1. The van der Waals surface area contributed by atoms with E-state index < -0.39 is 0 Å². The Balaban J connectivity index is 1.74. The summed E-state index contributed by atoms with van der Waals surface area (Å²) >= 11 is 0. The van der Waals surface area contributed by atoms with E-state index in [4.69, 9.17) is 9.47 Å². The Hall–Kier alpha value is -2.47. The van der Waals surface area contributed by atoms with Crippen LogP contribution in [0.2, 0.25) is 0 Å². The lowest BCUT2D eigenvalue weighted by Gasteiger charge is -2.26. The van der Waals surface area contributed by atoms with Crippen molar-refractivity contribution in [3.8, 4) is 11.6 Å². The molecule has 1 aromatic carbocycles. The number of nitrogens with zero attached hydrogens (tertiary/aromatic N) is 3. The van der Waals surface area contributed by atoms with Gasteiger partial charge in [0.1, 0.15) is 5.75 Å². The van der Waals surface area contributed by atoms with Crippen LogP contribution < -0.4 is 4.74 Å². The second-order valence-corrected chi connectivity index (χ2v) is 5.05. The van der Waals surface area contributed by atoms with Gasteiger partial charge < -0.3 is 14.4 Å². The molecule has 6 nitrogen and oxygen atoms in total. The van der Waals surface area contributed by atoms with Crippen molar-refractivity contribution in [3.05, 3.63) is 47.7 Å². The lowest BCUT2D eigenvalue weighted by molar-refractivity contribution is 0.0302. The number of hydrogen-bond acceptors (Lipinski definition) is 5. The Kier molecular flexibility index (Phi) is 4.29. The van der Waals surface area contributed by atoms with Crippen molar-refractivity contribution in [3.63, 3.8) is 0 Å². The second kappa shape index (κ2) is 6.53. The van der Waals surface area contributed by atoms with Crippen LogP contribution in [-0.4, -0.2) is 47.3 Å². The molecule has 0 bridgehead atoms. The fourth-order valence-electron chi connectivity index (χ4n) is 2.20. The van der Waals surface area contributed by atoms with Gasteiger partial charge in [0.05, 0.1) is 18.9 Å². The van der Waals surface area contributed by atoms with Gasteiger partial charge in [-0.05, 0) is 31.2 Å². The van der Waals surface area contributed by atoms with Crippen molar-refractivity contribution in [2.45, 2.75) is 6.92 Å². The minimum atomic E-state index is -0.0104. The van der Waals surface area contributed by atoms with Gasteiger partial charge in [0, 0.05) is 24.7 Å². The average molecular weight is 299 g/mol. The molecule has 2 aromatic rings. The summed E-state index contributed by atoms with van der Waals surface area (Å²) in [6, 6.07) is 10.7. The van der Waals surface area contributed by atoms with Crippen LogP contribution in [0.25, 0.3) is 0 Å². The van der Waals surface area contributed by atoms with E-state index in [0.29, 0.717) is 43.5 Å². The monoisotopic (exact) mass is 299 g/mol. The summed E-state index contributed by atoms with van der Waals surface area (Å²) in [5.74, 6) is 0.961. The van der Waals surface area contributed by atoms with Crippen LogP contribution in [0.1, 0.15) is 16.1 Å². The van der Waals surface area contributed by atoms with Crippen molar-refractivity contribution < 1.29 is 14.3 Å². The lowest BCUT2D eigenvalue weighted by atomic mass is 10.2. The smallest absolute Gasteiger partial charge is 0.254 e. The Morgan fingerprint density at radius 3 is 2.73 bits per heavy atom. The van der Waals surface area contributed by atoms with E-state index in [1.54, 1.807) is 35.2 Å². The molecule has 0 saturated carbocycles. The first-order chi connectivity index (χ1) is 10.7. The van der Waals surface area contributed by atoms with Gasteiger partial charge in [-0.3, -0.25) is 4.79 Å². The highest BCUT2D eigenvalue weighted by atomic mass is 16.5. The molecule has 1 amide bonds. The predicted molar refractivity (Wildman–Crippen MR) is 80.0 cm³/mol. The highest BCUT2D eigenvalue weighted by Gasteiger charge is 2.18. The van der Waals surface area contributed by atoms with Gasteiger partial charge in [0.15, 0.2) is 0 Å². The maximum absolute atomic E-state index is 12.4. The van der Waals surface area contributed by atoms with E-state index in [1.165, 1.54) is 0 Å². The number of carbonyl (C=O) groups is 1. The molecule has 1 aromatic heterocycles. The Morgan fingerprint density at radius 1 is 1.18 bits per heavy atom. The van der Waals surface area contributed by atoms with Crippen LogP contribution in [0.5, 0.6) is 11.6 Å². The van der Waals surface area contributed by atoms with Gasteiger partial charge in [-0.2, -0.15) is 5.10 Å². The van der Waals surface area contributed by atoms with Gasteiger partial charge >= 0.3 is 0 Å². The first-order valence-corrected chi connectivity index (χ1v) is 7.18. The average Bonchev–Trinajstić information content (AvgIpc) is 2.57. The summed E-state index contributed by atoms with van der Waals surface area (Å²) in [4.78, 5) is 14.2. The molecule has 2 heterocycles. The van der Waals surface area contributed by atoms with Gasteiger partial charge in [-0.1, -0.05) is 6.07 Å². The van der Waals surface area contributed by atoms with E-state index >= 15 is 0 Å². The number of aromatic nitrogens is 2. The number of ether oxygens (including phenoxy) is 2. The van der Waals surface area contributed by atoms with Crippen molar-refractivity contribution in [1.29, 1.82) is 0 Å². The molecule has 0 aliphatic carbocycles. The Morgan fingerprint density at radius 2 is 2.00 bits per heavy atom. The minimum Gasteiger partial charge on any atom is -0.438 e. The molecular formula is C16H17N3O3. The molecule has 3 rings (SSSR count). The maximum Gasteiger partial charge on any atom is 0.254 e. The zero-order valence-electron chi connectivity index (χ0n) is 12.4.